The van der Waals surface area contributed by atoms with Crippen LogP contribution in [0.2, 0.25) is 0 Å². The first-order valence-corrected chi connectivity index (χ1v) is 6.82. The molecule has 0 spiro atoms. The third-order valence-corrected chi connectivity index (χ3v) is 3.43. The van der Waals surface area contributed by atoms with Crippen LogP contribution in [0.1, 0.15) is 18.9 Å². The predicted octanol–water partition coefficient (Wildman–Crippen LogP) is 2.59. The minimum Gasteiger partial charge on any atom is -0.475 e. The van der Waals surface area contributed by atoms with E-state index in [1.165, 1.54) is 18.4 Å². The lowest BCUT2D eigenvalue weighted by atomic mass is 10.1. The Balaban J connectivity index is 0.000000217. The van der Waals surface area contributed by atoms with Crippen LogP contribution < -0.4 is 5.32 Å². The Kier molecular flexibility index (Phi) is 5.02. The second-order valence-electron chi connectivity index (χ2n) is 4.92. The van der Waals surface area contributed by atoms with Crippen molar-refractivity contribution in [1.29, 1.82) is 0 Å². The number of halogens is 3. The highest BCUT2D eigenvalue weighted by atomic mass is 19.4. The van der Waals surface area contributed by atoms with Crippen molar-refractivity contribution in [2.24, 2.45) is 0 Å². The topological polar surface area (TPSA) is 67.1 Å². The highest BCUT2D eigenvalue weighted by molar-refractivity contribution is 5.75. The molecule has 120 valence electrons. The van der Waals surface area contributed by atoms with Crippen molar-refractivity contribution in [3.63, 3.8) is 0 Å². The van der Waals surface area contributed by atoms with Gasteiger partial charge < -0.3 is 15.0 Å². The molecule has 0 bridgehead atoms. The number of carboxylic acid groups (broad SMARTS) is 1. The zero-order valence-electron chi connectivity index (χ0n) is 11.7. The minimum atomic E-state index is -5.08. The van der Waals surface area contributed by atoms with Crippen molar-refractivity contribution in [2.75, 3.05) is 13.1 Å². The van der Waals surface area contributed by atoms with Crippen LogP contribution in [-0.2, 0) is 4.79 Å². The van der Waals surface area contributed by atoms with Crippen molar-refractivity contribution < 1.29 is 23.1 Å². The van der Waals surface area contributed by atoms with Gasteiger partial charge in [-0.15, -0.1) is 0 Å². The molecule has 5 nitrogen and oxygen atoms in total. The van der Waals surface area contributed by atoms with Crippen molar-refractivity contribution >= 4 is 17.0 Å². The molecule has 0 aliphatic carbocycles. The molecule has 0 unspecified atom stereocenters. The zero-order chi connectivity index (χ0) is 16.2. The summed E-state index contributed by atoms with van der Waals surface area (Å²) in [5.74, 6) is -2.76. The van der Waals surface area contributed by atoms with Gasteiger partial charge in [-0.1, -0.05) is 12.1 Å². The van der Waals surface area contributed by atoms with Gasteiger partial charge in [-0.25, -0.2) is 9.78 Å². The molecule has 2 aromatic rings. The van der Waals surface area contributed by atoms with E-state index in [1.54, 1.807) is 0 Å². The Hall–Kier alpha value is -2.09. The fourth-order valence-corrected chi connectivity index (χ4v) is 2.35. The van der Waals surface area contributed by atoms with E-state index in [0.29, 0.717) is 6.04 Å². The molecule has 1 aliphatic rings. The Labute approximate surface area is 124 Å². The van der Waals surface area contributed by atoms with Gasteiger partial charge in [0.05, 0.1) is 17.4 Å². The minimum absolute atomic E-state index is 0.624. The Morgan fingerprint density at radius 2 is 1.86 bits per heavy atom. The molecule has 1 fully saturated rings. The van der Waals surface area contributed by atoms with E-state index in [1.807, 2.05) is 12.4 Å². The van der Waals surface area contributed by atoms with Crippen molar-refractivity contribution in [3.05, 3.63) is 30.6 Å². The largest absolute Gasteiger partial charge is 0.490 e. The van der Waals surface area contributed by atoms with E-state index in [2.05, 4.69) is 33.1 Å². The summed E-state index contributed by atoms with van der Waals surface area (Å²) in [4.78, 5) is 13.3. The van der Waals surface area contributed by atoms with Gasteiger partial charge in [0.25, 0.3) is 0 Å². The molecule has 1 aromatic heterocycles. The number of nitrogens with one attached hydrogen (secondary N) is 1. The first-order valence-electron chi connectivity index (χ1n) is 6.82. The number of piperidine rings is 1. The van der Waals surface area contributed by atoms with Gasteiger partial charge in [0.2, 0.25) is 0 Å². The lowest BCUT2D eigenvalue weighted by molar-refractivity contribution is -0.192. The van der Waals surface area contributed by atoms with Crippen LogP contribution in [0.5, 0.6) is 0 Å². The van der Waals surface area contributed by atoms with Crippen LogP contribution in [-0.4, -0.2) is 39.9 Å². The lowest BCUT2D eigenvalue weighted by Crippen LogP contribution is -2.29. The van der Waals surface area contributed by atoms with E-state index in [9.17, 15) is 13.2 Å². The molecule has 0 radical (unpaired) electrons. The Morgan fingerprint density at radius 1 is 1.27 bits per heavy atom. The van der Waals surface area contributed by atoms with E-state index < -0.39 is 12.1 Å². The summed E-state index contributed by atoms with van der Waals surface area (Å²) >= 11 is 0. The molecule has 22 heavy (non-hydrogen) atoms. The zero-order valence-corrected chi connectivity index (χ0v) is 11.7. The van der Waals surface area contributed by atoms with Crippen LogP contribution in [0.4, 0.5) is 13.2 Å². The standard InChI is InChI=1S/C12H15N3.C2HF3O2/c1-2-4-12-11(3-1)14-9-15(12)10-5-7-13-8-6-10;3-2(4,5)1(6)7/h1-4,9-10,13H,5-8H2;(H,6,7). The van der Waals surface area contributed by atoms with Gasteiger partial charge in [0.15, 0.2) is 0 Å². The van der Waals surface area contributed by atoms with E-state index in [-0.39, 0.29) is 0 Å². The van der Waals surface area contributed by atoms with E-state index in [4.69, 9.17) is 9.90 Å². The molecule has 2 heterocycles. The number of aromatic nitrogens is 2. The molecule has 1 saturated heterocycles. The fourth-order valence-electron chi connectivity index (χ4n) is 2.35. The second-order valence-corrected chi connectivity index (χ2v) is 4.92. The van der Waals surface area contributed by atoms with Gasteiger partial charge in [0.1, 0.15) is 0 Å². The summed E-state index contributed by atoms with van der Waals surface area (Å²) in [6.45, 7) is 2.24. The van der Waals surface area contributed by atoms with Gasteiger partial charge in [-0.2, -0.15) is 13.2 Å². The van der Waals surface area contributed by atoms with Crippen LogP contribution in [0.25, 0.3) is 11.0 Å². The highest BCUT2D eigenvalue weighted by Crippen LogP contribution is 2.23. The smallest absolute Gasteiger partial charge is 0.475 e. The number of hydrogen-bond acceptors (Lipinski definition) is 3. The maximum atomic E-state index is 10.6. The number of rotatable bonds is 1. The number of nitrogens with zero attached hydrogens (tertiary/aromatic N) is 2. The number of carboxylic acids is 1. The highest BCUT2D eigenvalue weighted by Gasteiger charge is 2.38. The van der Waals surface area contributed by atoms with Crippen molar-refractivity contribution in [2.45, 2.75) is 25.1 Å². The molecule has 0 atom stereocenters. The quantitative estimate of drug-likeness (QED) is 0.849. The molecule has 2 N–H and O–H groups in total. The number of aliphatic carboxylic acids is 1. The van der Waals surface area contributed by atoms with E-state index in [0.717, 1.165) is 18.6 Å². The van der Waals surface area contributed by atoms with Gasteiger partial charge in [0, 0.05) is 6.04 Å². The molecular weight excluding hydrogens is 299 g/mol. The summed E-state index contributed by atoms with van der Waals surface area (Å²) in [5.41, 5.74) is 2.38. The number of alkyl halides is 3. The van der Waals surface area contributed by atoms with Crippen LogP contribution in [0.3, 0.4) is 0 Å². The average molecular weight is 315 g/mol. The summed E-state index contributed by atoms with van der Waals surface area (Å²) in [6, 6.07) is 8.99. The van der Waals surface area contributed by atoms with E-state index >= 15 is 0 Å². The Morgan fingerprint density at radius 3 is 2.45 bits per heavy atom. The molecule has 0 saturated carbocycles. The predicted molar refractivity (Wildman–Crippen MR) is 74.6 cm³/mol. The average Bonchev–Trinajstić information content (AvgIpc) is 2.92. The fraction of sp³-hybridized carbons (Fsp3) is 0.429. The van der Waals surface area contributed by atoms with Crippen molar-refractivity contribution in [3.8, 4) is 0 Å². The van der Waals surface area contributed by atoms with Crippen LogP contribution >= 0.6 is 0 Å². The first-order chi connectivity index (χ1) is 10.4. The van der Waals surface area contributed by atoms with Crippen LogP contribution in [0.15, 0.2) is 30.6 Å². The number of carbonyl (C=O) groups is 1. The lowest BCUT2D eigenvalue weighted by Gasteiger charge is -2.24. The van der Waals surface area contributed by atoms with Gasteiger partial charge >= 0.3 is 12.1 Å². The molecule has 8 heteroatoms. The number of benzene rings is 1. The molecule has 1 aromatic carbocycles. The monoisotopic (exact) mass is 315 g/mol. The maximum absolute atomic E-state index is 10.6. The molecule has 3 rings (SSSR count). The second kappa shape index (κ2) is 6.78. The summed E-state index contributed by atoms with van der Waals surface area (Å²) < 4.78 is 34.1. The number of para-hydroxylation sites is 2. The molecular formula is C14H16F3N3O2. The third kappa shape index (κ3) is 3.97. The first kappa shape index (κ1) is 16.3. The number of hydrogen-bond donors (Lipinski definition) is 2. The Bertz CT molecular complexity index is 634. The number of imidazole rings is 1. The normalized spacial score (nSPS) is 16.1. The molecule has 1 aliphatic heterocycles. The summed E-state index contributed by atoms with van der Waals surface area (Å²) in [6.07, 6.45) is -0.679. The van der Waals surface area contributed by atoms with Crippen LogP contribution in [0, 0.1) is 0 Å². The van der Waals surface area contributed by atoms with Gasteiger partial charge in [-0.05, 0) is 38.1 Å². The SMILES string of the molecule is O=C(O)C(F)(F)F.c1ccc2c(c1)ncn2C1CCNCC1. The third-order valence-electron chi connectivity index (χ3n) is 3.43. The van der Waals surface area contributed by atoms with Gasteiger partial charge in [-0.3, -0.25) is 0 Å². The number of fused-ring (bicyclic) bond motifs is 1. The maximum Gasteiger partial charge on any atom is 0.490 e. The van der Waals surface area contributed by atoms with Crippen molar-refractivity contribution in [1.82, 2.24) is 14.9 Å². The molecule has 0 amide bonds. The summed E-state index contributed by atoms with van der Waals surface area (Å²) in [7, 11) is 0. The summed E-state index contributed by atoms with van der Waals surface area (Å²) in [5, 5.41) is 10.5.